The first kappa shape index (κ1) is 12.2. The van der Waals surface area contributed by atoms with Crippen LogP contribution in [0.25, 0.3) is 0 Å². The Bertz CT molecular complexity index is 323. The van der Waals surface area contributed by atoms with E-state index in [0.29, 0.717) is 0 Å². The highest BCUT2D eigenvalue weighted by Gasteiger charge is 2.21. The molecule has 88 valence electrons. The van der Waals surface area contributed by atoms with Crippen LogP contribution in [-0.2, 0) is 0 Å². The second-order valence-electron chi connectivity index (χ2n) is 4.38. The van der Waals surface area contributed by atoms with E-state index in [0.717, 1.165) is 19.0 Å². The van der Waals surface area contributed by atoms with Crippen molar-refractivity contribution in [3.05, 3.63) is 27.8 Å². The van der Waals surface area contributed by atoms with Crippen LogP contribution in [0.3, 0.4) is 0 Å². The maximum atomic E-state index is 3.44. The highest BCUT2D eigenvalue weighted by atomic mass is 127. The Morgan fingerprint density at radius 2 is 2.12 bits per heavy atom. The molecular weight excluding hydrogens is 311 g/mol. The largest absolute Gasteiger partial charge is 0.371 e. The number of nitrogens with zero attached hydrogens (tertiary/aromatic N) is 1. The second-order valence-corrected chi connectivity index (χ2v) is 5.63. The zero-order valence-electron chi connectivity index (χ0n) is 9.75. The normalized spacial score (nSPS) is 20.4. The molecule has 3 heteroatoms. The van der Waals surface area contributed by atoms with Gasteiger partial charge in [-0.2, -0.15) is 0 Å². The molecule has 1 fully saturated rings. The van der Waals surface area contributed by atoms with Gasteiger partial charge in [-0.05, 0) is 72.3 Å². The van der Waals surface area contributed by atoms with Crippen LogP contribution in [0.2, 0.25) is 0 Å². The minimum absolute atomic E-state index is 0.819. The van der Waals surface area contributed by atoms with Crippen LogP contribution in [0, 0.1) is 9.49 Å². The zero-order chi connectivity index (χ0) is 11.4. The zero-order valence-corrected chi connectivity index (χ0v) is 11.9. The average molecular weight is 330 g/mol. The van der Waals surface area contributed by atoms with Gasteiger partial charge in [-0.25, -0.2) is 0 Å². The molecule has 1 aromatic rings. The number of benzene rings is 1. The van der Waals surface area contributed by atoms with Crippen molar-refractivity contribution in [2.45, 2.75) is 13.3 Å². The molecule has 0 radical (unpaired) electrons. The molecule has 0 bridgehead atoms. The summed E-state index contributed by atoms with van der Waals surface area (Å²) in [7, 11) is 0. The molecule has 0 aromatic heterocycles. The van der Waals surface area contributed by atoms with Gasteiger partial charge >= 0.3 is 0 Å². The van der Waals surface area contributed by atoms with Crippen molar-refractivity contribution in [1.82, 2.24) is 5.32 Å². The minimum atomic E-state index is 0.819. The summed E-state index contributed by atoms with van der Waals surface area (Å²) >= 11 is 2.35. The summed E-state index contributed by atoms with van der Waals surface area (Å²) < 4.78 is 1.31. The Balaban J connectivity index is 1.90. The molecule has 2 nitrogen and oxygen atoms in total. The first-order valence-corrected chi connectivity index (χ1v) is 7.08. The molecule has 1 unspecified atom stereocenters. The molecule has 1 N–H and O–H groups in total. The van der Waals surface area contributed by atoms with Crippen LogP contribution in [0.1, 0.15) is 13.3 Å². The van der Waals surface area contributed by atoms with E-state index in [2.05, 4.69) is 64.0 Å². The van der Waals surface area contributed by atoms with Gasteiger partial charge in [0, 0.05) is 22.3 Å². The number of halogens is 1. The molecule has 16 heavy (non-hydrogen) atoms. The predicted octanol–water partition coefficient (Wildman–Crippen LogP) is 2.73. The highest BCUT2D eigenvalue weighted by molar-refractivity contribution is 14.1. The monoisotopic (exact) mass is 330 g/mol. The lowest BCUT2D eigenvalue weighted by Crippen LogP contribution is -2.26. The number of anilines is 1. The molecule has 2 rings (SSSR count). The van der Waals surface area contributed by atoms with E-state index in [-0.39, 0.29) is 0 Å². The summed E-state index contributed by atoms with van der Waals surface area (Å²) in [5, 5.41) is 3.44. The maximum Gasteiger partial charge on any atom is 0.0367 e. The predicted molar refractivity (Wildman–Crippen MR) is 78.0 cm³/mol. The topological polar surface area (TPSA) is 15.3 Å². The van der Waals surface area contributed by atoms with Gasteiger partial charge in [-0.1, -0.05) is 6.92 Å². The lowest BCUT2D eigenvalue weighted by Gasteiger charge is -2.18. The van der Waals surface area contributed by atoms with Gasteiger partial charge in [0.05, 0.1) is 0 Å². The summed E-state index contributed by atoms with van der Waals surface area (Å²) in [5.41, 5.74) is 1.37. The van der Waals surface area contributed by atoms with Gasteiger partial charge in [-0.15, -0.1) is 0 Å². The van der Waals surface area contributed by atoms with E-state index in [1.807, 2.05) is 0 Å². The minimum Gasteiger partial charge on any atom is -0.371 e. The Kier molecular flexibility index (Phi) is 4.46. The number of nitrogens with one attached hydrogen (secondary N) is 1. The summed E-state index contributed by atoms with van der Waals surface area (Å²) in [6.45, 7) is 6.83. The molecule has 1 atom stereocenters. The van der Waals surface area contributed by atoms with E-state index in [1.54, 1.807) is 0 Å². The van der Waals surface area contributed by atoms with Crippen molar-refractivity contribution >= 4 is 28.3 Å². The second kappa shape index (κ2) is 5.87. The molecule has 0 aliphatic carbocycles. The van der Waals surface area contributed by atoms with Gasteiger partial charge in [0.1, 0.15) is 0 Å². The number of hydrogen-bond donors (Lipinski definition) is 1. The first-order valence-electron chi connectivity index (χ1n) is 6.01. The molecule has 1 aliphatic heterocycles. The van der Waals surface area contributed by atoms with E-state index >= 15 is 0 Å². The third kappa shape index (κ3) is 3.10. The van der Waals surface area contributed by atoms with E-state index < -0.39 is 0 Å². The fourth-order valence-corrected chi connectivity index (χ4v) is 2.59. The van der Waals surface area contributed by atoms with Gasteiger partial charge < -0.3 is 10.2 Å². The van der Waals surface area contributed by atoms with Crippen LogP contribution >= 0.6 is 22.6 Å². The summed E-state index contributed by atoms with van der Waals surface area (Å²) in [5.74, 6) is 0.819. The number of hydrogen-bond acceptors (Lipinski definition) is 2. The highest BCUT2D eigenvalue weighted by Crippen LogP contribution is 2.24. The van der Waals surface area contributed by atoms with Gasteiger partial charge in [0.25, 0.3) is 0 Å². The molecule has 1 aliphatic rings. The Morgan fingerprint density at radius 3 is 2.81 bits per heavy atom. The van der Waals surface area contributed by atoms with E-state index in [4.69, 9.17) is 0 Å². The Hall–Kier alpha value is -0.290. The fourth-order valence-electron chi connectivity index (χ4n) is 2.23. The quantitative estimate of drug-likeness (QED) is 0.854. The standard InChI is InChI=1S/C13H19IN2/c1-2-15-9-11-7-8-16(10-11)13-5-3-12(14)4-6-13/h3-6,11,15H,2,7-10H2,1H3. The SMILES string of the molecule is CCNCC1CCN(c2ccc(I)cc2)C1. The Morgan fingerprint density at radius 1 is 1.38 bits per heavy atom. The van der Waals surface area contributed by atoms with Crippen LogP contribution < -0.4 is 10.2 Å². The van der Waals surface area contributed by atoms with Crippen molar-refractivity contribution in [3.8, 4) is 0 Å². The maximum absolute atomic E-state index is 3.44. The lowest BCUT2D eigenvalue weighted by molar-refractivity contribution is 0.528. The van der Waals surface area contributed by atoms with E-state index in [9.17, 15) is 0 Å². The first-order chi connectivity index (χ1) is 7.79. The third-order valence-corrected chi connectivity index (χ3v) is 3.88. The average Bonchev–Trinajstić information content (AvgIpc) is 2.76. The lowest BCUT2D eigenvalue weighted by atomic mass is 10.1. The molecular formula is C13H19IN2. The molecule has 1 aromatic carbocycles. The molecule has 1 heterocycles. The third-order valence-electron chi connectivity index (χ3n) is 3.16. The smallest absolute Gasteiger partial charge is 0.0367 e. The van der Waals surface area contributed by atoms with Crippen LogP contribution in [0.5, 0.6) is 0 Å². The van der Waals surface area contributed by atoms with Crippen molar-refractivity contribution in [3.63, 3.8) is 0 Å². The van der Waals surface area contributed by atoms with E-state index in [1.165, 1.54) is 28.8 Å². The number of rotatable bonds is 4. The van der Waals surface area contributed by atoms with Crippen LogP contribution in [0.15, 0.2) is 24.3 Å². The van der Waals surface area contributed by atoms with Crippen LogP contribution in [-0.4, -0.2) is 26.2 Å². The summed E-state index contributed by atoms with van der Waals surface area (Å²) in [6.07, 6.45) is 1.32. The summed E-state index contributed by atoms with van der Waals surface area (Å²) in [6, 6.07) is 8.84. The van der Waals surface area contributed by atoms with Crippen LogP contribution in [0.4, 0.5) is 5.69 Å². The molecule has 0 amide bonds. The van der Waals surface area contributed by atoms with Gasteiger partial charge in [-0.3, -0.25) is 0 Å². The molecule has 0 spiro atoms. The van der Waals surface area contributed by atoms with Crippen molar-refractivity contribution in [2.24, 2.45) is 5.92 Å². The van der Waals surface area contributed by atoms with Gasteiger partial charge in [0.2, 0.25) is 0 Å². The van der Waals surface area contributed by atoms with Crippen molar-refractivity contribution in [2.75, 3.05) is 31.1 Å². The van der Waals surface area contributed by atoms with Crippen molar-refractivity contribution in [1.29, 1.82) is 0 Å². The molecule has 1 saturated heterocycles. The Labute approximate surface area is 112 Å². The van der Waals surface area contributed by atoms with Gasteiger partial charge in [0.15, 0.2) is 0 Å². The fraction of sp³-hybridized carbons (Fsp3) is 0.538. The van der Waals surface area contributed by atoms with Crippen molar-refractivity contribution < 1.29 is 0 Å². The molecule has 0 saturated carbocycles. The summed E-state index contributed by atoms with van der Waals surface area (Å²) in [4.78, 5) is 2.50.